The van der Waals surface area contributed by atoms with Gasteiger partial charge in [0.2, 0.25) is 0 Å². The molecule has 1 aliphatic heterocycles. The van der Waals surface area contributed by atoms with E-state index in [0.29, 0.717) is 36.6 Å². The molecular formula is C28H45N3O2Si. The fourth-order valence-corrected chi connectivity index (χ4v) is 6.26. The van der Waals surface area contributed by atoms with Crippen molar-refractivity contribution in [2.75, 3.05) is 19.8 Å². The summed E-state index contributed by atoms with van der Waals surface area (Å²) in [6, 6.07) is 14.7. The van der Waals surface area contributed by atoms with Crippen molar-refractivity contribution in [3.05, 3.63) is 53.9 Å². The van der Waals surface area contributed by atoms with Crippen molar-refractivity contribution in [2.45, 2.75) is 95.4 Å². The van der Waals surface area contributed by atoms with Crippen LogP contribution in [0.4, 0.5) is 0 Å². The molecule has 0 amide bonds. The third-order valence-corrected chi connectivity index (χ3v) is 9.37. The predicted octanol–water partition coefficient (Wildman–Crippen LogP) is 6.02. The Bertz CT molecular complexity index is 858. The van der Waals surface area contributed by atoms with Crippen molar-refractivity contribution in [1.29, 1.82) is 0 Å². The van der Waals surface area contributed by atoms with Gasteiger partial charge in [0.25, 0.3) is 0 Å². The molecule has 4 rings (SSSR count). The zero-order valence-corrected chi connectivity index (χ0v) is 22.7. The summed E-state index contributed by atoms with van der Waals surface area (Å²) in [5.74, 6) is 1.75. The molecule has 6 heteroatoms. The van der Waals surface area contributed by atoms with Crippen LogP contribution in [0.3, 0.4) is 0 Å². The van der Waals surface area contributed by atoms with Gasteiger partial charge in [-0.1, -0.05) is 56.9 Å². The van der Waals surface area contributed by atoms with Crippen molar-refractivity contribution in [2.24, 2.45) is 5.92 Å². The largest absolute Gasteiger partial charge is 0.377 e. The lowest BCUT2D eigenvalue weighted by Gasteiger charge is -2.37. The molecule has 1 saturated heterocycles. The Balaban J connectivity index is 1.30. The highest BCUT2D eigenvalue weighted by molar-refractivity contribution is 6.76. The van der Waals surface area contributed by atoms with Crippen LogP contribution in [0.2, 0.25) is 25.7 Å². The molecule has 0 bridgehead atoms. The summed E-state index contributed by atoms with van der Waals surface area (Å²) in [6.07, 6.45) is 8.27. The van der Waals surface area contributed by atoms with Crippen molar-refractivity contribution in [1.82, 2.24) is 15.1 Å². The van der Waals surface area contributed by atoms with E-state index in [1.807, 2.05) is 6.20 Å². The van der Waals surface area contributed by atoms with E-state index in [1.54, 1.807) is 0 Å². The zero-order valence-electron chi connectivity index (χ0n) is 21.7. The summed E-state index contributed by atoms with van der Waals surface area (Å²) < 4.78 is 14.6. The van der Waals surface area contributed by atoms with Gasteiger partial charge in [0.05, 0.1) is 12.7 Å². The highest BCUT2D eigenvalue weighted by atomic mass is 28.3. The first-order chi connectivity index (χ1) is 16.4. The van der Waals surface area contributed by atoms with Gasteiger partial charge in [0.15, 0.2) is 0 Å². The van der Waals surface area contributed by atoms with E-state index in [1.165, 1.54) is 36.6 Å². The highest BCUT2D eigenvalue weighted by Crippen LogP contribution is 2.35. The van der Waals surface area contributed by atoms with Gasteiger partial charge in [-0.2, -0.15) is 5.10 Å². The van der Waals surface area contributed by atoms with Crippen LogP contribution in [0.15, 0.2) is 42.6 Å². The molecule has 2 heterocycles. The van der Waals surface area contributed by atoms with Crippen molar-refractivity contribution in [3.63, 3.8) is 0 Å². The van der Waals surface area contributed by atoms with Crippen LogP contribution in [0.5, 0.6) is 0 Å². The Morgan fingerprint density at radius 1 is 1.06 bits per heavy atom. The lowest BCUT2D eigenvalue weighted by Crippen LogP contribution is -2.47. The van der Waals surface area contributed by atoms with Crippen LogP contribution in [0, 0.1) is 5.92 Å². The topological polar surface area (TPSA) is 48.3 Å². The molecule has 0 spiro atoms. The molecule has 1 aromatic heterocycles. The predicted molar refractivity (Wildman–Crippen MR) is 142 cm³/mol. The molecule has 1 saturated carbocycles. The minimum absolute atomic E-state index is 0.334. The summed E-state index contributed by atoms with van der Waals surface area (Å²) in [6.45, 7) is 12.7. The summed E-state index contributed by atoms with van der Waals surface area (Å²) in [4.78, 5) is 0. The molecule has 5 nitrogen and oxygen atoms in total. The Hall–Kier alpha value is -1.47. The van der Waals surface area contributed by atoms with E-state index in [0.717, 1.165) is 32.6 Å². The fraction of sp³-hybridized carbons (Fsp3) is 0.679. The van der Waals surface area contributed by atoms with Gasteiger partial charge in [0, 0.05) is 38.5 Å². The first-order valence-electron chi connectivity index (χ1n) is 13.4. The maximum Gasteiger partial charge on any atom is 0.139 e. The Morgan fingerprint density at radius 3 is 2.56 bits per heavy atom. The molecular weight excluding hydrogens is 438 g/mol. The second-order valence-electron chi connectivity index (χ2n) is 11.8. The Kier molecular flexibility index (Phi) is 9.02. The van der Waals surface area contributed by atoms with Crippen LogP contribution in [-0.2, 0) is 16.2 Å². The third-order valence-electron chi connectivity index (χ3n) is 7.67. The minimum Gasteiger partial charge on any atom is -0.377 e. The number of benzene rings is 1. The molecule has 3 atom stereocenters. The number of aromatic nitrogens is 2. The molecule has 1 unspecified atom stereocenters. The monoisotopic (exact) mass is 483 g/mol. The maximum atomic E-state index is 6.53. The van der Waals surface area contributed by atoms with Gasteiger partial charge in [0.1, 0.15) is 6.73 Å². The van der Waals surface area contributed by atoms with Crippen LogP contribution in [0.25, 0.3) is 0 Å². The van der Waals surface area contributed by atoms with E-state index < -0.39 is 8.07 Å². The number of hydrogen-bond acceptors (Lipinski definition) is 4. The van der Waals surface area contributed by atoms with Gasteiger partial charge in [-0.3, -0.25) is 0 Å². The number of rotatable bonds is 10. The van der Waals surface area contributed by atoms with Crippen LogP contribution in [-0.4, -0.2) is 49.8 Å². The smallest absolute Gasteiger partial charge is 0.139 e. The van der Waals surface area contributed by atoms with Crippen LogP contribution >= 0.6 is 0 Å². The summed E-state index contributed by atoms with van der Waals surface area (Å²) >= 11 is 0. The first-order valence-corrected chi connectivity index (χ1v) is 17.1. The van der Waals surface area contributed by atoms with Crippen molar-refractivity contribution < 1.29 is 9.47 Å². The number of piperidine rings is 1. The van der Waals surface area contributed by atoms with E-state index in [4.69, 9.17) is 9.47 Å². The van der Waals surface area contributed by atoms with E-state index in [-0.39, 0.29) is 0 Å². The Morgan fingerprint density at radius 2 is 1.82 bits per heavy atom. The summed E-state index contributed by atoms with van der Waals surface area (Å²) in [5, 5.41) is 8.40. The number of nitrogens with zero attached hydrogens (tertiary/aromatic N) is 2. The average Bonchev–Trinajstić information content (AvgIpc) is 3.30. The van der Waals surface area contributed by atoms with Crippen LogP contribution in [0.1, 0.15) is 62.1 Å². The molecule has 1 aromatic carbocycles. The third kappa shape index (κ3) is 7.26. The standard InChI is InChI=1S/C28H45N3O2Si/c1-22-18-26(28-14-15-30-31(28)21-32-16-17-34(2,3)4)27(29-19-22)20-33-25-12-10-24(11-13-25)23-8-6-5-7-9-23/h5-9,14-15,22,24-27,29H,10-13,16-21H2,1-4H3/t22-,24?,25?,26?,27+/m1/s1. The zero-order chi connectivity index (χ0) is 24.0. The number of hydrogen-bond donors (Lipinski definition) is 1. The van der Waals surface area contributed by atoms with E-state index in [9.17, 15) is 0 Å². The second-order valence-corrected chi connectivity index (χ2v) is 17.4. The quantitative estimate of drug-likeness (QED) is 0.332. The number of ether oxygens (including phenoxy) is 2. The fourth-order valence-electron chi connectivity index (χ4n) is 5.50. The SMILES string of the molecule is C[C@H]1CN[C@@H](COC2CCC(c3ccccc3)CC2)C(c2ccnn2COCC[Si](C)(C)C)C1. The number of nitrogens with one attached hydrogen (secondary N) is 1. The average molecular weight is 484 g/mol. The molecule has 188 valence electrons. The lowest BCUT2D eigenvalue weighted by molar-refractivity contribution is 0.00203. The van der Waals surface area contributed by atoms with E-state index in [2.05, 4.69) is 78.1 Å². The summed E-state index contributed by atoms with van der Waals surface area (Å²) in [5.41, 5.74) is 2.78. The molecule has 0 radical (unpaired) electrons. The van der Waals surface area contributed by atoms with E-state index >= 15 is 0 Å². The molecule has 2 aromatic rings. The van der Waals surface area contributed by atoms with Gasteiger partial charge in [-0.25, -0.2) is 4.68 Å². The Labute approximate surface area is 207 Å². The molecule has 2 aliphatic rings. The second kappa shape index (κ2) is 12.0. The first kappa shape index (κ1) is 25.6. The normalized spacial score (nSPS) is 28.2. The van der Waals surface area contributed by atoms with Gasteiger partial charge < -0.3 is 14.8 Å². The maximum absolute atomic E-state index is 6.53. The summed E-state index contributed by atoms with van der Waals surface area (Å²) in [7, 11) is -1.08. The van der Waals surface area contributed by atoms with Gasteiger partial charge in [-0.05, 0) is 68.2 Å². The highest BCUT2D eigenvalue weighted by Gasteiger charge is 2.33. The minimum atomic E-state index is -1.08. The van der Waals surface area contributed by atoms with Gasteiger partial charge >= 0.3 is 0 Å². The molecule has 2 fully saturated rings. The van der Waals surface area contributed by atoms with Crippen molar-refractivity contribution >= 4 is 8.07 Å². The molecule has 1 N–H and O–H groups in total. The molecule has 1 aliphatic carbocycles. The van der Waals surface area contributed by atoms with Gasteiger partial charge in [-0.15, -0.1) is 0 Å². The van der Waals surface area contributed by atoms with Crippen molar-refractivity contribution in [3.8, 4) is 0 Å². The molecule has 34 heavy (non-hydrogen) atoms. The van der Waals surface area contributed by atoms with Crippen LogP contribution < -0.4 is 5.32 Å². The lowest BCUT2D eigenvalue weighted by atomic mass is 9.82.